The van der Waals surface area contributed by atoms with Gasteiger partial charge in [0, 0.05) is 5.69 Å². The fourth-order valence-corrected chi connectivity index (χ4v) is 9.24. The monoisotopic (exact) mass is 779 g/mol. The maximum atomic E-state index is 12.4. The molecule has 4 N–H and O–H groups in total. The van der Waals surface area contributed by atoms with Crippen LogP contribution in [0.15, 0.2) is 17.1 Å². The highest BCUT2D eigenvalue weighted by atomic mass is 32.2. The maximum Gasteiger partial charge on any atom is 0.332 e. The van der Waals surface area contributed by atoms with E-state index in [9.17, 15) is 26.4 Å². The van der Waals surface area contributed by atoms with E-state index in [2.05, 4.69) is 33.1 Å². The van der Waals surface area contributed by atoms with E-state index in [1.165, 1.54) is 57.3 Å². The average molecular weight is 780 g/mol. The van der Waals surface area contributed by atoms with Crippen LogP contribution in [0.4, 0.5) is 16.2 Å². The number of anilines is 1. The van der Waals surface area contributed by atoms with Gasteiger partial charge in [-0.2, -0.15) is 10.3 Å². The van der Waals surface area contributed by atoms with Gasteiger partial charge in [0.25, 0.3) is 0 Å². The van der Waals surface area contributed by atoms with Gasteiger partial charge < -0.3 is 5.32 Å². The van der Waals surface area contributed by atoms with Crippen LogP contribution in [0.25, 0.3) is 0 Å². The average Bonchev–Trinajstić information content (AvgIpc) is 3.92. The smallest absolute Gasteiger partial charge is 0.307 e. The summed E-state index contributed by atoms with van der Waals surface area (Å²) in [7, 11) is -3.43. The summed E-state index contributed by atoms with van der Waals surface area (Å²) in [5.41, 5.74) is 12.2. The van der Waals surface area contributed by atoms with Crippen LogP contribution >= 0.6 is 0 Å². The first-order chi connectivity index (χ1) is 25.7. The SMILES string of the molecule is C#CCN(C)CCCS(N)(=O)=O.CN(CC#N)CCCS(=O)(=O)NC(=O)Nc1c2c(cc3c1CCC3)CCC2.O=C=Nc1c2c(cc3c1CCC3)CCC2. The number of sulfonamides is 2. The lowest BCUT2D eigenvalue weighted by Gasteiger charge is -2.17. The van der Waals surface area contributed by atoms with E-state index < -0.39 is 26.1 Å². The van der Waals surface area contributed by atoms with E-state index in [1.807, 2.05) is 18.0 Å². The van der Waals surface area contributed by atoms with Gasteiger partial charge in [-0.05, 0) is 162 Å². The Morgan fingerprint density at radius 2 is 1.26 bits per heavy atom. The molecule has 0 aromatic heterocycles. The van der Waals surface area contributed by atoms with Crippen LogP contribution in [0, 0.1) is 23.7 Å². The number of aryl methyl sites for hydroxylation is 4. The van der Waals surface area contributed by atoms with Crippen molar-refractivity contribution in [1.82, 2.24) is 14.5 Å². The molecule has 13 nitrogen and oxygen atoms in total. The number of primary sulfonamides is 1. The number of nitrogens with two attached hydrogens (primary N) is 1. The lowest BCUT2D eigenvalue weighted by molar-refractivity contribution is 0.256. The molecule has 0 bridgehead atoms. The fourth-order valence-electron chi connectivity index (χ4n) is 7.76. The molecule has 6 rings (SSSR count). The number of nitrogens with one attached hydrogen (secondary N) is 2. The standard InChI is InChI=1S/C19H26N4O3S.C13H13NO.C7H14N2O2S/c1-23(11-9-20)10-4-12-27(25,26)22-19(24)21-18-16-7-2-5-14(16)13-15-6-3-8-17(15)18;15-8-14-13-11-5-1-3-9(11)7-10-4-2-6-12(10)13;1-3-5-9(2)6-4-7-12(8,10)11/h13H,2-8,10-12H2,1H3,(H2,21,22,24);7H,1-6H2;1H,4-7H2,2H3,(H2,8,10,11). The molecule has 0 aliphatic heterocycles. The molecule has 0 radical (unpaired) electrons. The maximum absolute atomic E-state index is 12.4. The number of fused-ring (bicyclic) bond motifs is 4. The first kappa shape index (κ1) is 42.7. The molecular weight excluding hydrogens is 727 g/mol. The van der Waals surface area contributed by atoms with Crippen molar-refractivity contribution in [2.75, 3.05) is 57.1 Å². The van der Waals surface area contributed by atoms with Gasteiger partial charge >= 0.3 is 6.03 Å². The molecule has 0 saturated carbocycles. The van der Waals surface area contributed by atoms with Crippen molar-refractivity contribution >= 4 is 43.5 Å². The third-order valence-corrected chi connectivity index (χ3v) is 12.4. The van der Waals surface area contributed by atoms with Gasteiger partial charge in [-0.3, -0.25) is 9.80 Å². The number of aliphatic imine (C=N–C) groups is 1. The van der Waals surface area contributed by atoms with Crippen molar-refractivity contribution in [2.45, 2.75) is 89.9 Å². The molecule has 15 heteroatoms. The highest BCUT2D eigenvalue weighted by Gasteiger charge is 2.26. The molecule has 2 aromatic rings. The van der Waals surface area contributed by atoms with Gasteiger partial charge in [0.15, 0.2) is 0 Å². The first-order valence-corrected chi connectivity index (χ1v) is 22.0. The van der Waals surface area contributed by atoms with E-state index in [-0.39, 0.29) is 18.1 Å². The minimum absolute atomic E-state index is 0.0158. The van der Waals surface area contributed by atoms with Crippen LogP contribution in [0.1, 0.15) is 83.0 Å². The van der Waals surface area contributed by atoms with Crippen LogP contribution in [-0.2, 0) is 76.2 Å². The number of rotatable bonds is 13. The number of carbonyl (C=O) groups is 1. The number of hydrogen-bond donors (Lipinski definition) is 3. The summed E-state index contributed by atoms with van der Waals surface area (Å²) in [6.07, 6.45) is 20.6. The largest absolute Gasteiger partial charge is 0.332 e. The number of nitriles is 1. The van der Waals surface area contributed by atoms with Crippen LogP contribution in [-0.4, -0.2) is 90.5 Å². The second-order valence-electron chi connectivity index (χ2n) is 14.4. The first-order valence-electron chi connectivity index (χ1n) is 18.7. The van der Waals surface area contributed by atoms with Crippen molar-refractivity contribution in [1.29, 1.82) is 5.26 Å². The lowest BCUT2D eigenvalue weighted by atomic mass is 9.99. The van der Waals surface area contributed by atoms with Gasteiger partial charge in [0.05, 0.1) is 36.4 Å². The summed E-state index contributed by atoms with van der Waals surface area (Å²) in [6.45, 7) is 1.92. The van der Waals surface area contributed by atoms with Gasteiger partial charge in [-0.1, -0.05) is 18.1 Å². The van der Waals surface area contributed by atoms with Gasteiger partial charge in [0.2, 0.25) is 26.1 Å². The molecule has 0 unspecified atom stereocenters. The van der Waals surface area contributed by atoms with Crippen molar-refractivity contribution in [3.8, 4) is 18.4 Å². The summed E-state index contributed by atoms with van der Waals surface area (Å²) >= 11 is 0. The molecule has 0 saturated heterocycles. The van der Waals surface area contributed by atoms with E-state index in [0.29, 0.717) is 32.5 Å². The Bertz CT molecular complexity index is 1970. The van der Waals surface area contributed by atoms with E-state index in [0.717, 1.165) is 75.6 Å². The molecule has 292 valence electrons. The topological polar surface area (TPSA) is 195 Å². The molecule has 0 fully saturated rings. The molecule has 0 atom stereocenters. The van der Waals surface area contributed by atoms with Crippen LogP contribution < -0.4 is 15.2 Å². The van der Waals surface area contributed by atoms with E-state index in [1.54, 1.807) is 18.0 Å². The minimum atomic E-state index is -3.71. The molecule has 2 amide bonds. The van der Waals surface area contributed by atoms with E-state index in [4.69, 9.17) is 16.8 Å². The van der Waals surface area contributed by atoms with Crippen LogP contribution in [0.2, 0.25) is 0 Å². The Hall–Kier alpha value is -4.08. The summed E-state index contributed by atoms with van der Waals surface area (Å²) in [5, 5.41) is 16.3. The zero-order valence-electron chi connectivity index (χ0n) is 31.5. The third-order valence-electron chi connectivity index (χ3n) is 10.2. The predicted octanol–water partition coefficient (Wildman–Crippen LogP) is 3.82. The predicted molar refractivity (Wildman–Crippen MR) is 211 cm³/mol. The Balaban J connectivity index is 0.000000202. The molecule has 54 heavy (non-hydrogen) atoms. The van der Waals surface area contributed by atoms with E-state index >= 15 is 0 Å². The zero-order chi connectivity index (χ0) is 39.3. The van der Waals surface area contributed by atoms with Gasteiger partial charge in [-0.25, -0.2) is 36.3 Å². The number of nitrogens with zero attached hydrogens (tertiary/aromatic N) is 4. The van der Waals surface area contributed by atoms with Crippen molar-refractivity contribution < 1.29 is 26.4 Å². The number of urea groups is 1. The zero-order valence-corrected chi connectivity index (χ0v) is 33.1. The highest BCUT2D eigenvalue weighted by Crippen LogP contribution is 2.40. The number of carbonyl (C=O) groups excluding carboxylic acids is 2. The second-order valence-corrected chi connectivity index (χ2v) is 18.0. The number of isocyanates is 1. The minimum Gasteiger partial charge on any atom is -0.307 e. The third kappa shape index (κ3) is 12.5. The van der Waals surface area contributed by atoms with Crippen LogP contribution in [0.3, 0.4) is 0 Å². The summed E-state index contributed by atoms with van der Waals surface area (Å²) in [5.74, 6) is 2.32. The Morgan fingerprint density at radius 1 is 0.796 bits per heavy atom. The summed E-state index contributed by atoms with van der Waals surface area (Å²) in [6, 6.07) is 5.93. The number of hydrogen-bond acceptors (Lipinski definition) is 10. The number of benzene rings is 2. The second kappa shape index (κ2) is 20.0. The van der Waals surface area contributed by atoms with Crippen LogP contribution in [0.5, 0.6) is 0 Å². The normalized spacial score (nSPS) is 14.9. The van der Waals surface area contributed by atoms with Crippen molar-refractivity contribution in [3.63, 3.8) is 0 Å². The molecule has 2 aromatic carbocycles. The number of terminal acetylenes is 1. The molecule has 4 aliphatic carbocycles. The molecule has 0 heterocycles. The highest BCUT2D eigenvalue weighted by molar-refractivity contribution is 7.90. The molecule has 0 spiro atoms. The fraction of sp³-hybridized carbons (Fsp3) is 0.564. The molecular formula is C39H53N7O6S2. The number of amides is 2. The van der Waals surface area contributed by atoms with Gasteiger partial charge in [0.1, 0.15) is 0 Å². The molecule has 4 aliphatic rings. The summed E-state index contributed by atoms with van der Waals surface area (Å²) < 4.78 is 47.5. The Morgan fingerprint density at radius 3 is 1.72 bits per heavy atom. The van der Waals surface area contributed by atoms with Crippen molar-refractivity contribution in [2.24, 2.45) is 10.1 Å². The summed E-state index contributed by atoms with van der Waals surface area (Å²) in [4.78, 5) is 30.4. The Kier molecular flexibility index (Phi) is 15.8. The Labute approximate surface area is 320 Å². The van der Waals surface area contributed by atoms with Gasteiger partial charge in [-0.15, -0.1) is 6.42 Å². The van der Waals surface area contributed by atoms with Crippen molar-refractivity contribution in [3.05, 3.63) is 56.6 Å². The lowest BCUT2D eigenvalue weighted by Crippen LogP contribution is -2.37. The quantitative estimate of drug-likeness (QED) is 0.117.